The van der Waals surface area contributed by atoms with Gasteiger partial charge in [0.15, 0.2) is 0 Å². The Bertz CT molecular complexity index is 946. The van der Waals surface area contributed by atoms with Gasteiger partial charge in [0.05, 0.1) is 34.2 Å². The largest absolute Gasteiger partial charge is 0.444 e. The number of ether oxygens (including phenoxy) is 1. The predicted molar refractivity (Wildman–Crippen MR) is 117 cm³/mol. The summed E-state index contributed by atoms with van der Waals surface area (Å²) in [6.07, 6.45) is 1.68. The van der Waals surface area contributed by atoms with E-state index in [0.29, 0.717) is 18.1 Å². The van der Waals surface area contributed by atoms with Crippen LogP contribution in [0.25, 0.3) is 10.9 Å². The third kappa shape index (κ3) is 3.50. The second-order valence-electron chi connectivity index (χ2n) is 8.43. The molecular formula is C20H24BrClN4O2. The van der Waals surface area contributed by atoms with Crippen molar-refractivity contribution in [3.8, 4) is 0 Å². The van der Waals surface area contributed by atoms with Crippen LogP contribution in [0.2, 0.25) is 5.02 Å². The van der Waals surface area contributed by atoms with Gasteiger partial charge < -0.3 is 19.4 Å². The SMILES string of the molecule is CN1C[C@H]2CN(C(=O)OC(C)(C)C)CCN2c2c1cnc1cc(Br)c(Cl)cc21. The molecule has 0 saturated carbocycles. The highest BCUT2D eigenvalue weighted by Gasteiger charge is 2.37. The lowest BCUT2D eigenvalue weighted by molar-refractivity contribution is 0.0215. The number of benzene rings is 1. The van der Waals surface area contributed by atoms with E-state index in [9.17, 15) is 4.79 Å². The number of hydrogen-bond acceptors (Lipinski definition) is 5. The number of hydrogen-bond donors (Lipinski definition) is 0. The van der Waals surface area contributed by atoms with Gasteiger partial charge in [-0.2, -0.15) is 0 Å². The van der Waals surface area contributed by atoms with Crippen molar-refractivity contribution in [1.29, 1.82) is 0 Å². The van der Waals surface area contributed by atoms with Crippen molar-refractivity contribution in [1.82, 2.24) is 9.88 Å². The molecule has 1 atom stereocenters. The molecule has 28 heavy (non-hydrogen) atoms. The van der Waals surface area contributed by atoms with E-state index in [4.69, 9.17) is 16.3 Å². The van der Waals surface area contributed by atoms with Crippen LogP contribution < -0.4 is 9.80 Å². The van der Waals surface area contributed by atoms with Gasteiger partial charge in [-0.3, -0.25) is 4.98 Å². The molecule has 8 heteroatoms. The van der Waals surface area contributed by atoms with Crippen molar-refractivity contribution in [3.05, 3.63) is 27.8 Å². The molecule has 0 bridgehead atoms. The number of amides is 1. The number of pyridine rings is 1. The van der Waals surface area contributed by atoms with Gasteiger partial charge in [0.1, 0.15) is 5.60 Å². The zero-order valence-corrected chi connectivity index (χ0v) is 18.8. The summed E-state index contributed by atoms with van der Waals surface area (Å²) in [5.74, 6) is 0. The van der Waals surface area contributed by atoms with Crippen molar-refractivity contribution in [2.24, 2.45) is 0 Å². The zero-order valence-electron chi connectivity index (χ0n) is 16.5. The number of aromatic nitrogens is 1. The number of nitrogens with zero attached hydrogens (tertiary/aromatic N) is 4. The summed E-state index contributed by atoms with van der Waals surface area (Å²) < 4.78 is 6.41. The summed E-state index contributed by atoms with van der Waals surface area (Å²) >= 11 is 9.88. The fourth-order valence-electron chi connectivity index (χ4n) is 3.96. The van der Waals surface area contributed by atoms with Crippen molar-refractivity contribution < 1.29 is 9.53 Å². The van der Waals surface area contributed by atoms with Crippen LogP contribution in [-0.4, -0.2) is 60.8 Å². The number of rotatable bonds is 0. The van der Waals surface area contributed by atoms with Crippen LogP contribution in [0.1, 0.15) is 20.8 Å². The van der Waals surface area contributed by atoms with Crippen LogP contribution in [0.3, 0.4) is 0 Å². The maximum Gasteiger partial charge on any atom is 0.410 e. The third-order valence-corrected chi connectivity index (χ3v) is 6.38. The van der Waals surface area contributed by atoms with Crippen molar-refractivity contribution in [2.75, 3.05) is 43.0 Å². The van der Waals surface area contributed by atoms with E-state index in [-0.39, 0.29) is 12.1 Å². The molecule has 1 aromatic heterocycles. The summed E-state index contributed by atoms with van der Waals surface area (Å²) in [5.41, 5.74) is 2.64. The Morgan fingerprint density at radius 1 is 1.29 bits per heavy atom. The first-order valence-corrected chi connectivity index (χ1v) is 10.5. The topological polar surface area (TPSA) is 48.9 Å². The first-order valence-electron chi connectivity index (χ1n) is 9.37. The molecule has 1 saturated heterocycles. The Kier molecular flexibility index (Phi) is 4.86. The van der Waals surface area contributed by atoms with Crippen LogP contribution in [0.15, 0.2) is 22.8 Å². The lowest BCUT2D eigenvalue weighted by atomic mass is 10.0. The quantitative estimate of drug-likeness (QED) is 0.570. The number of carbonyl (C=O) groups is 1. The van der Waals surface area contributed by atoms with E-state index in [1.165, 1.54) is 0 Å². The molecule has 0 N–H and O–H groups in total. The number of carbonyl (C=O) groups excluding carboxylic acids is 1. The lowest BCUT2D eigenvalue weighted by Gasteiger charge is -2.49. The maximum absolute atomic E-state index is 12.5. The normalized spacial score (nSPS) is 19.5. The molecule has 2 aromatic rings. The second kappa shape index (κ2) is 6.95. The van der Waals surface area contributed by atoms with Gasteiger partial charge in [-0.05, 0) is 48.8 Å². The molecule has 3 heterocycles. The van der Waals surface area contributed by atoms with E-state index in [2.05, 4.69) is 37.8 Å². The first-order chi connectivity index (χ1) is 13.1. The van der Waals surface area contributed by atoms with E-state index in [1.807, 2.05) is 44.0 Å². The van der Waals surface area contributed by atoms with Gasteiger partial charge in [-0.25, -0.2) is 4.79 Å². The monoisotopic (exact) mass is 466 g/mol. The fraction of sp³-hybridized carbons (Fsp3) is 0.500. The van der Waals surface area contributed by atoms with Gasteiger partial charge in [-0.15, -0.1) is 0 Å². The Morgan fingerprint density at radius 2 is 2.04 bits per heavy atom. The summed E-state index contributed by atoms with van der Waals surface area (Å²) in [5, 5.41) is 1.70. The molecule has 2 aliphatic rings. The van der Waals surface area contributed by atoms with Gasteiger partial charge in [0.25, 0.3) is 0 Å². The van der Waals surface area contributed by atoms with Gasteiger partial charge in [-0.1, -0.05) is 11.6 Å². The Hall–Kier alpha value is -1.73. The third-order valence-electron chi connectivity index (χ3n) is 5.18. The summed E-state index contributed by atoms with van der Waals surface area (Å²) in [6, 6.07) is 4.12. The number of halogens is 2. The maximum atomic E-state index is 12.5. The molecule has 1 amide bonds. The Balaban J connectivity index is 1.69. The van der Waals surface area contributed by atoms with Crippen LogP contribution in [-0.2, 0) is 4.74 Å². The molecule has 0 unspecified atom stereocenters. The Labute approximate surface area is 178 Å². The van der Waals surface area contributed by atoms with E-state index in [0.717, 1.165) is 39.8 Å². The zero-order chi connectivity index (χ0) is 20.2. The second-order valence-corrected chi connectivity index (χ2v) is 9.69. The number of anilines is 2. The van der Waals surface area contributed by atoms with Crippen LogP contribution in [0, 0.1) is 0 Å². The minimum absolute atomic E-state index is 0.187. The highest BCUT2D eigenvalue weighted by Crippen LogP contribution is 2.42. The molecule has 2 aliphatic heterocycles. The Morgan fingerprint density at radius 3 is 2.75 bits per heavy atom. The fourth-order valence-corrected chi connectivity index (χ4v) is 4.45. The molecule has 4 rings (SSSR count). The smallest absolute Gasteiger partial charge is 0.410 e. The molecular weight excluding hydrogens is 444 g/mol. The number of piperazine rings is 1. The molecule has 0 radical (unpaired) electrons. The van der Waals surface area contributed by atoms with Gasteiger partial charge in [0, 0.05) is 43.1 Å². The lowest BCUT2D eigenvalue weighted by Crippen LogP contribution is -2.60. The van der Waals surface area contributed by atoms with Crippen molar-refractivity contribution >= 4 is 55.9 Å². The summed E-state index contributed by atoms with van der Waals surface area (Å²) in [4.78, 5) is 23.6. The minimum atomic E-state index is -0.490. The number of likely N-dealkylation sites (N-methyl/N-ethyl adjacent to an activating group) is 1. The molecule has 1 fully saturated rings. The van der Waals surface area contributed by atoms with E-state index in [1.54, 1.807) is 0 Å². The van der Waals surface area contributed by atoms with E-state index < -0.39 is 5.60 Å². The molecule has 150 valence electrons. The summed E-state index contributed by atoms with van der Waals surface area (Å²) in [6.45, 7) is 8.52. The van der Waals surface area contributed by atoms with Crippen molar-refractivity contribution in [3.63, 3.8) is 0 Å². The minimum Gasteiger partial charge on any atom is -0.444 e. The van der Waals surface area contributed by atoms with Gasteiger partial charge in [0.2, 0.25) is 0 Å². The molecule has 0 aliphatic carbocycles. The standard InChI is InChI=1S/C20H24BrClN4O2/c1-20(2,3)28-19(27)25-5-6-26-12(11-25)10-24(4)17-9-23-16-8-14(21)15(22)7-13(16)18(17)26/h7-9,12H,5-6,10-11H2,1-4H3/t12-/m0/s1. The van der Waals surface area contributed by atoms with Crippen LogP contribution >= 0.6 is 27.5 Å². The predicted octanol–water partition coefficient (Wildman–Crippen LogP) is 4.53. The van der Waals surface area contributed by atoms with Crippen LogP contribution in [0.5, 0.6) is 0 Å². The van der Waals surface area contributed by atoms with Crippen LogP contribution in [0.4, 0.5) is 16.2 Å². The van der Waals surface area contributed by atoms with Crippen molar-refractivity contribution in [2.45, 2.75) is 32.4 Å². The average Bonchev–Trinajstić information content (AvgIpc) is 2.60. The molecule has 0 spiro atoms. The number of fused-ring (bicyclic) bond motifs is 5. The van der Waals surface area contributed by atoms with Gasteiger partial charge >= 0.3 is 6.09 Å². The molecule has 1 aromatic carbocycles. The molecule has 6 nitrogen and oxygen atoms in total. The first kappa shape index (κ1) is 19.6. The summed E-state index contributed by atoms with van der Waals surface area (Å²) in [7, 11) is 2.07. The average molecular weight is 468 g/mol. The highest BCUT2D eigenvalue weighted by atomic mass is 79.9. The highest BCUT2D eigenvalue weighted by molar-refractivity contribution is 9.10. The van der Waals surface area contributed by atoms with E-state index >= 15 is 0 Å².